The first-order valence-corrected chi connectivity index (χ1v) is 8.87. The predicted octanol–water partition coefficient (Wildman–Crippen LogP) is 1.08. The second kappa shape index (κ2) is 6.87. The van der Waals surface area contributed by atoms with Crippen LogP contribution in [0.15, 0.2) is 24.5 Å². The number of anilines is 1. The monoisotopic (exact) mass is 344 g/mol. The van der Waals surface area contributed by atoms with Crippen molar-refractivity contribution >= 4 is 17.5 Å². The number of carbonyl (C=O) groups is 1. The minimum absolute atomic E-state index is 0.106. The molecule has 0 saturated carbocycles. The molecule has 0 aromatic carbocycles. The molecule has 2 aliphatic rings. The molecule has 2 aliphatic heterocycles. The summed E-state index contributed by atoms with van der Waals surface area (Å²) >= 11 is 0. The quantitative estimate of drug-likeness (QED) is 0.816. The van der Waals surface area contributed by atoms with Gasteiger partial charge in [-0.15, -0.1) is 0 Å². The van der Waals surface area contributed by atoms with E-state index >= 15 is 0 Å². The number of rotatable bonds is 2. The minimum atomic E-state index is 0.106. The summed E-state index contributed by atoms with van der Waals surface area (Å²) in [5, 5.41) is 4.19. The maximum atomic E-state index is 12.7. The SMILES string of the molecule is CN(C(=O)N1CCOCC1)C1CCCN(c2ccn3nccc3n2)C1. The first-order chi connectivity index (χ1) is 12.2. The average molecular weight is 344 g/mol. The normalized spacial score (nSPS) is 21.6. The molecule has 2 aromatic heterocycles. The minimum Gasteiger partial charge on any atom is -0.378 e. The third-order valence-electron chi connectivity index (χ3n) is 5.09. The summed E-state index contributed by atoms with van der Waals surface area (Å²) in [6, 6.07) is 4.20. The van der Waals surface area contributed by atoms with Crippen LogP contribution in [0.25, 0.3) is 5.65 Å². The third-order valence-corrected chi connectivity index (χ3v) is 5.09. The van der Waals surface area contributed by atoms with E-state index in [1.54, 1.807) is 10.7 Å². The van der Waals surface area contributed by atoms with Gasteiger partial charge in [-0.1, -0.05) is 0 Å². The van der Waals surface area contributed by atoms with Crippen LogP contribution in [0.5, 0.6) is 0 Å². The van der Waals surface area contributed by atoms with Gasteiger partial charge in [0, 0.05) is 45.5 Å². The topological polar surface area (TPSA) is 66.2 Å². The second-order valence-corrected chi connectivity index (χ2v) is 6.65. The largest absolute Gasteiger partial charge is 0.378 e. The van der Waals surface area contributed by atoms with Gasteiger partial charge in [0.1, 0.15) is 5.82 Å². The molecule has 0 bridgehead atoms. The number of ether oxygens (including phenoxy) is 1. The van der Waals surface area contributed by atoms with Gasteiger partial charge in [0.2, 0.25) is 0 Å². The van der Waals surface area contributed by atoms with Gasteiger partial charge >= 0.3 is 6.03 Å². The van der Waals surface area contributed by atoms with Crippen molar-refractivity contribution in [3.05, 3.63) is 24.5 Å². The molecule has 0 spiro atoms. The van der Waals surface area contributed by atoms with Crippen LogP contribution in [0, 0.1) is 0 Å². The Bertz CT molecular complexity index is 742. The molecule has 2 saturated heterocycles. The number of fused-ring (bicyclic) bond motifs is 1. The van der Waals surface area contributed by atoms with Crippen LogP contribution in [-0.2, 0) is 4.74 Å². The van der Waals surface area contributed by atoms with Gasteiger partial charge in [0.25, 0.3) is 0 Å². The molecular weight excluding hydrogens is 320 g/mol. The Kier molecular flexibility index (Phi) is 4.44. The van der Waals surface area contributed by atoms with E-state index in [0.717, 1.165) is 37.4 Å². The molecule has 0 N–H and O–H groups in total. The lowest BCUT2D eigenvalue weighted by Crippen LogP contribution is -2.54. The number of likely N-dealkylation sites (N-methyl/N-ethyl adjacent to an activating group) is 1. The zero-order valence-corrected chi connectivity index (χ0v) is 14.5. The van der Waals surface area contributed by atoms with Crippen molar-refractivity contribution in [2.75, 3.05) is 51.3 Å². The van der Waals surface area contributed by atoms with E-state index in [2.05, 4.69) is 15.0 Å². The Labute approximate surface area is 147 Å². The number of amides is 2. The maximum absolute atomic E-state index is 12.7. The van der Waals surface area contributed by atoms with E-state index in [1.807, 2.05) is 35.2 Å². The van der Waals surface area contributed by atoms with E-state index in [0.29, 0.717) is 26.3 Å². The van der Waals surface area contributed by atoms with Gasteiger partial charge in [-0.2, -0.15) is 5.10 Å². The molecule has 0 aliphatic carbocycles. The summed E-state index contributed by atoms with van der Waals surface area (Å²) in [5.41, 5.74) is 0.845. The molecular formula is C17H24N6O2. The molecule has 25 heavy (non-hydrogen) atoms. The molecule has 1 atom stereocenters. The number of urea groups is 1. The van der Waals surface area contributed by atoms with Crippen LogP contribution in [0.2, 0.25) is 0 Å². The first-order valence-electron chi connectivity index (χ1n) is 8.87. The highest BCUT2D eigenvalue weighted by Gasteiger charge is 2.30. The molecule has 2 amide bonds. The molecule has 134 valence electrons. The maximum Gasteiger partial charge on any atom is 0.320 e. The van der Waals surface area contributed by atoms with Crippen LogP contribution in [-0.4, -0.2) is 82.9 Å². The molecule has 0 radical (unpaired) electrons. The summed E-state index contributed by atoms with van der Waals surface area (Å²) in [4.78, 5) is 23.5. The Morgan fingerprint density at radius 2 is 2.12 bits per heavy atom. The highest BCUT2D eigenvalue weighted by Crippen LogP contribution is 2.21. The zero-order valence-electron chi connectivity index (χ0n) is 14.5. The summed E-state index contributed by atoms with van der Waals surface area (Å²) in [5.74, 6) is 0.949. The van der Waals surface area contributed by atoms with E-state index in [4.69, 9.17) is 4.74 Å². The lowest BCUT2D eigenvalue weighted by atomic mass is 10.0. The van der Waals surface area contributed by atoms with Crippen molar-refractivity contribution in [2.45, 2.75) is 18.9 Å². The zero-order chi connectivity index (χ0) is 17.2. The first kappa shape index (κ1) is 16.1. The Hall–Kier alpha value is -2.35. The summed E-state index contributed by atoms with van der Waals surface area (Å²) in [6.45, 7) is 4.40. The van der Waals surface area contributed by atoms with E-state index < -0.39 is 0 Å². The Morgan fingerprint density at radius 3 is 2.96 bits per heavy atom. The molecule has 4 heterocycles. The van der Waals surface area contributed by atoms with Crippen LogP contribution < -0.4 is 4.90 Å². The fraction of sp³-hybridized carbons (Fsp3) is 0.588. The number of aromatic nitrogens is 3. The number of morpholine rings is 1. The van der Waals surface area contributed by atoms with Crippen LogP contribution in [0.1, 0.15) is 12.8 Å². The van der Waals surface area contributed by atoms with Gasteiger partial charge in [0.05, 0.1) is 25.5 Å². The molecule has 8 nitrogen and oxygen atoms in total. The Balaban J connectivity index is 1.45. The van der Waals surface area contributed by atoms with E-state index in [-0.39, 0.29) is 12.1 Å². The van der Waals surface area contributed by atoms with Gasteiger partial charge in [-0.05, 0) is 18.9 Å². The van der Waals surface area contributed by atoms with Crippen LogP contribution in [0.3, 0.4) is 0 Å². The lowest BCUT2D eigenvalue weighted by Gasteiger charge is -2.40. The number of hydrogen-bond donors (Lipinski definition) is 0. The second-order valence-electron chi connectivity index (χ2n) is 6.65. The van der Waals surface area contributed by atoms with Gasteiger partial charge < -0.3 is 19.4 Å². The number of piperidine rings is 1. The summed E-state index contributed by atoms with van der Waals surface area (Å²) in [6.07, 6.45) is 5.76. The summed E-state index contributed by atoms with van der Waals surface area (Å²) < 4.78 is 7.11. The highest BCUT2D eigenvalue weighted by atomic mass is 16.5. The van der Waals surface area contributed by atoms with Crippen molar-refractivity contribution in [3.63, 3.8) is 0 Å². The van der Waals surface area contributed by atoms with Crippen molar-refractivity contribution in [1.82, 2.24) is 24.4 Å². The van der Waals surface area contributed by atoms with Crippen LogP contribution >= 0.6 is 0 Å². The molecule has 2 fully saturated rings. The fourth-order valence-corrected chi connectivity index (χ4v) is 3.59. The van der Waals surface area contributed by atoms with E-state index in [1.165, 1.54) is 0 Å². The van der Waals surface area contributed by atoms with Gasteiger partial charge in [-0.25, -0.2) is 14.3 Å². The van der Waals surface area contributed by atoms with E-state index in [9.17, 15) is 4.79 Å². The van der Waals surface area contributed by atoms with Gasteiger partial charge in [0.15, 0.2) is 5.65 Å². The molecule has 8 heteroatoms. The third kappa shape index (κ3) is 3.26. The standard InChI is InChI=1S/C17H24N6O2/c1-20(17(24)21-9-11-25-12-10-21)14-3-2-7-22(13-14)15-5-8-23-16(19-15)4-6-18-23/h4-6,8,14H,2-3,7,9-13H2,1H3. The van der Waals surface area contributed by atoms with Crippen molar-refractivity contribution < 1.29 is 9.53 Å². The van der Waals surface area contributed by atoms with Crippen LogP contribution in [0.4, 0.5) is 10.6 Å². The molecule has 1 unspecified atom stereocenters. The Morgan fingerprint density at radius 1 is 1.28 bits per heavy atom. The smallest absolute Gasteiger partial charge is 0.320 e. The average Bonchev–Trinajstić information content (AvgIpc) is 3.15. The summed E-state index contributed by atoms with van der Waals surface area (Å²) in [7, 11) is 1.92. The number of carbonyl (C=O) groups excluding carboxylic acids is 1. The van der Waals surface area contributed by atoms with Crippen molar-refractivity contribution in [1.29, 1.82) is 0 Å². The van der Waals surface area contributed by atoms with Gasteiger partial charge in [-0.3, -0.25) is 0 Å². The predicted molar refractivity (Wildman–Crippen MR) is 93.8 cm³/mol. The van der Waals surface area contributed by atoms with Crippen molar-refractivity contribution in [3.8, 4) is 0 Å². The number of nitrogens with zero attached hydrogens (tertiary/aromatic N) is 6. The number of hydrogen-bond acceptors (Lipinski definition) is 5. The molecule has 4 rings (SSSR count). The van der Waals surface area contributed by atoms with Crippen molar-refractivity contribution in [2.24, 2.45) is 0 Å². The lowest BCUT2D eigenvalue weighted by molar-refractivity contribution is 0.0414. The highest BCUT2D eigenvalue weighted by molar-refractivity contribution is 5.74. The molecule has 2 aromatic rings. The fourth-order valence-electron chi connectivity index (χ4n) is 3.59.